The summed E-state index contributed by atoms with van der Waals surface area (Å²) in [5, 5.41) is 0. The third kappa shape index (κ3) is 3.78. The van der Waals surface area contributed by atoms with Crippen LogP contribution in [0.2, 0.25) is 0 Å². The fraction of sp³-hybridized carbons (Fsp3) is 0.375. The van der Waals surface area contributed by atoms with Gasteiger partial charge in [-0.2, -0.15) is 0 Å². The molecular formula is C16H20BrNO2S. The van der Waals surface area contributed by atoms with Crippen LogP contribution in [-0.2, 0) is 0 Å². The number of nitrogens with two attached hydrogens (primary N) is 1. The summed E-state index contributed by atoms with van der Waals surface area (Å²) in [6.07, 6.45) is 0. The maximum atomic E-state index is 6.38. The number of hydrogen-bond donors (Lipinski definition) is 1. The predicted molar refractivity (Wildman–Crippen MR) is 91.6 cm³/mol. The highest BCUT2D eigenvalue weighted by Crippen LogP contribution is 2.36. The summed E-state index contributed by atoms with van der Waals surface area (Å²) in [4.78, 5) is 1.13. The number of rotatable bonds is 6. The highest BCUT2D eigenvalue weighted by molar-refractivity contribution is 9.11. The van der Waals surface area contributed by atoms with Crippen molar-refractivity contribution in [2.45, 2.75) is 26.8 Å². The van der Waals surface area contributed by atoms with Crippen LogP contribution in [0.4, 0.5) is 0 Å². The lowest BCUT2D eigenvalue weighted by Gasteiger charge is -2.15. The summed E-state index contributed by atoms with van der Waals surface area (Å²) >= 11 is 5.22. The van der Waals surface area contributed by atoms with Crippen LogP contribution in [-0.4, -0.2) is 13.2 Å². The van der Waals surface area contributed by atoms with Crippen LogP contribution in [0.5, 0.6) is 11.5 Å². The minimum Gasteiger partial charge on any atom is -0.490 e. The van der Waals surface area contributed by atoms with Gasteiger partial charge in [-0.1, -0.05) is 6.07 Å². The Labute approximate surface area is 138 Å². The van der Waals surface area contributed by atoms with Gasteiger partial charge >= 0.3 is 0 Å². The maximum absolute atomic E-state index is 6.38. The molecule has 0 aliphatic carbocycles. The number of halogens is 1. The van der Waals surface area contributed by atoms with Gasteiger partial charge in [-0.15, -0.1) is 11.3 Å². The molecule has 1 aromatic heterocycles. The fourth-order valence-corrected chi connectivity index (χ4v) is 3.66. The molecule has 3 nitrogen and oxygen atoms in total. The highest BCUT2D eigenvalue weighted by Gasteiger charge is 2.16. The van der Waals surface area contributed by atoms with Gasteiger partial charge in [0, 0.05) is 4.88 Å². The monoisotopic (exact) mass is 369 g/mol. The second-order valence-electron chi connectivity index (χ2n) is 4.66. The normalized spacial score (nSPS) is 12.2. The number of hydrogen-bond acceptors (Lipinski definition) is 4. The van der Waals surface area contributed by atoms with Gasteiger partial charge in [-0.3, -0.25) is 0 Å². The van der Waals surface area contributed by atoms with E-state index in [0.717, 1.165) is 25.7 Å². The van der Waals surface area contributed by atoms with Gasteiger partial charge in [0.15, 0.2) is 11.5 Å². The van der Waals surface area contributed by atoms with Crippen LogP contribution in [0.3, 0.4) is 0 Å². The first-order valence-corrected chi connectivity index (χ1v) is 8.58. The first kappa shape index (κ1) is 16.3. The van der Waals surface area contributed by atoms with Gasteiger partial charge in [-0.25, -0.2) is 0 Å². The van der Waals surface area contributed by atoms with Crippen LogP contribution in [0.1, 0.15) is 35.9 Å². The average Bonchev–Trinajstić information content (AvgIpc) is 2.80. The third-order valence-corrected chi connectivity index (χ3v) is 5.33. The van der Waals surface area contributed by atoms with E-state index in [1.54, 1.807) is 11.3 Å². The van der Waals surface area contributed by atoms with E-state index >= 15 is 0 Å². The molecule has 0 aliphatic heterocycles. The average molecular weight is 370 g/mol. The Balaban J connectivity index is 2.32. The molecule has 0 spiro atoms. The molecule has 0 saturated carbocycles. The van der Waals surface area contributed by atoms with Gasteiger partial charge in [0.2, 0.25) is 0 Å². The Bertz CT molecular complexity index is 593. The van der Waals surface area contributed by atoms with Crippen LogP contribution < -0.4 is 15.2 Å². The number of aryl methyl sites for hydroxylation is 1. The molecule has 0 saturated heterocycles. The molecule has 1 unspecified atom stereocenters. The summed E-state index contributed by atoms with van der Waals surface area (Å²) in [5.74, 6) is 1.51. The quantitative estimate of drug-likeness (QED) is 0.804. The Morgan fingerprint density at radius 3 is 2.38 bits per heavy atom. The van der Waals surface area contributed by atoms with E-state index in [4.69, 9.17) is 15.2 Å². The van der Waals surface area contributed by atoms with E-state index in [1.165, 1.54) is 5.56 Å². The maximum Gasteiger partial charge on any atom is 0.161 e. The highest BCUT2D eigenvalue weighted by atomic mass is 79.9. The van der Waals surface area contributed by atoms with E-state index in [0.29, 0.717) is 13.2 Å². The second kappa shape index (κ2) is 7.29. The van der Waals surface area contributed by atoms with Crippen LogP contribution in [0.15, 0.2) is 28.1 Å². The SMILES string of the molecule is CCOc1ccc(C(N)c2cc(C)c(Br)s2)cc1OCC. The smallest absolute Gasteiger partial charge is 0.161 e. The molecule has 2 N–H and O–H groups in total. The number of benzene rings is 1. The number of ether oxygens (including phenoxy) is 2. The summed E-state index contributed by atoms with van der Waals surface area (Å²) in [6.45, 7) is 7.20. The minimum atomic E-state index is -0.158. The van der Waals surface area contributed by atoms with E-state index in [1.807, 2.05) is 32.0 Å². The molecule has 0 amide bonds. The van der Waals surface area contributed by atoms with E-state index < -0.39 is 0 Å². The summed E-state index contributed by atoms with van der Waals surface area (Å²) in [5.41, 5.74) is 8.61. The van der Waals surface area contributed by atoms with E-state index in [9.17, 15) is 0 Å². The lowest BCUT2D eigenvalue weighted by atomic mass is 10.1. The molecule has 5 heteroatoms. The molecule has 0 radical (unpaired) electrons. The van der Waals surface area contributed by atoms with E-state index in [-0.39, 0.29) is 6.04 Å². The summed E-state index contributed by atoms with van der Waals surface area (Å²) in [6, 6.07) is 7.87. The van der Waals surface area contributed by atoms with Crippen molar-refractivity contribution in [3.63, 3.8) is 0 Å². The zero-order valence-electron chi connectivity index (χ0n) is 12.5. The molecule has 1 aromatic carbocycles. The van der Waals surface area contributed by atoms with Crippen LogP contribution >= 0.6 is 27.3 Å². The van der Waals surface area contributed by atoms with Crippen molar-refractivity contribution in [3.8, 4) is 11.5 Å². The molecule has 114 valence electrons. The van der Waals surface area contributed by atoms with Gasteiger partial charge in [-0.05, 0) is 66.0 Å². The molecule has 2 rings (SSSR count). The van der Waals surface area contributed by atoms with Crippen molar-refractivity contribution in [2.75, 3.05) is 13.2 Å². The molecule has 0 bridgehead atoms. The Hall–Kier alpha value is -1.04. The van der Waals surface area contributed by atoms with Gasteiger partial charge < -0.3 is 15.2 Å². The molecule has 1 heterocycles. The molecule has 0 fully saturated rings. The zero-order chi connectivity index (χ0) is 15.4. The lowest BCUT2D eigenvalue weighted by molar-refractivity contribution is 0.287. The zero-order valence-corrected chi connectivity index (χ0v) is 14.9. The topological polar surface area (TPSA) is 44.5 Å². The van der Waals surface area contributed by atoms with Crippen LogP contribution in [0, 0.1) is 6.92 Å². The largest absolute Gasteiger partial charge is 0.490 e. The van der Waals surface area contributed by atoms with Crippen molar-refractivity contribution in [1.82, 2.24) is 0 Å². The van der Waals surface area contributed by atoms with Gasteiger partial charge in [0.05, 0.1) is 23.0 Å². The Morgan fingerprint density at radius 1 is 1.14 bits per heavy atom. The second-order valence-corrected chi connectivity index (χ2v) is 7.06. The first-order valence-electron chi connectivity index (χ1n) is 6.97. The molecule has 1 atom stereocenters. The molecule has 21 heavy (non-hydrogen) atoms. The Morgan fingerprint density at radius 2 is 1.81 bits per heavy atom. The van der Waals surface area contributed by atoms with Crippen molar-refractivity contribution in [1.29, 1.82) is 0 Å². The van der Waals surface area contributed by atoms with Crippen molar-refractivity contribution in [3.05, 3.63) is 44.1 Å². The first-order chi connectivity index (χ1) is 10.1. The minimum absolute atomic E-state index is 0.158. The van der Waals surface area contributed by atoms with Gasteiger partial charge in [0.1, 0.15) is 0 Å². The van der Waals surface area contributed by atoms with Crippen molar-refractivity contribution in [2.24, 2.45) is 5.73 Å². The third-order valence-electron chi connectivity index (χ3n) is 3.11. The summed E-state index contributed by atoms with van der Waals surface area (Å²) in [7, 11) is 0. The van der Waals surface area contributed by atoms with Gasteiger partial charge in [0.25, 0.3) is 0 Å². The van der Waals surface area contributed by atoms with Crippen LogP contribution in [0.25, 0.3) is 0 Å². The molecule has 2 aromatic rings. The lowest BCUT2D eigenvalue weighted by Crippen LogP contribution is -2.11. The molecule has 0 aliphatic rings. The predicted octanol–water partition coefficient (Wildman–Crippen LogP) is 4.66. The Kier molecular flexibility index (Phi) is 5.67. The van der Waals surface area contributed by atoms with Crippen molar-refractivity contribution >= 4 is 27.3 Å². The standard InChI is InChI=1S/C16H20BrNO2S/c1-4-19-12-7-6-11(9-13(12)20-5-2)15(18)14-8-10(3)16(17)21-14/h6-9,15H,4-5,18H2,1-3H3. The fourth-order valence-electron chi connectivity index (χ4n) is 2.06. The number of thiophene rings is 1. The molecular weight excluding hydrogens is 350 g/mol. The van der Waals surface area contributed by atoms with E-state index in [2.05, 4.69) is 28.9 Å². The summed E-state index contributed by atoms with van der Waals surface area (Å²) < 4.78 is 12.4. The van der Waals surface area contributed by atoms with Crippen molar-refractivity contribution < 1.29 is 9.47 Å².